The number of hydrogen-bond donors (Lipinski definition) is 1. The Labute approximate surface area is 99.5 Å². The highest BCUT2D eigenvalue weighted by Gasteiger charge is 2.28. The van der Waals surface area contributed by atoms with Crippen molar-refractivity contribution in [3.05, 3.63) is 29.0 Å². The maximum absolute atomic E-state index is 10.8. The Kier molecular flexibility index (Phi) is 3.44. The first-order valence-electron chi connectivity index (χ1n) is 5.51. The van der Waals surface area contributed by atoms with Crippen LogP contribution < -0.4 is 0 Å². The highest BCUT2D eigenvalue weighted by molar-refractivity contribution is 6.31. The number of hydrogen-bond acceptors (Lipinski definition) is 2. The van der Waals surface area contributed by atoms with Crippen LogP contribution in [0.25, 0.3) is 0 Å². The number of carbonyl (C=O) groups is 1. The molecule has 1 aliphatic carbocycles. The molecule has 1 aromatic rings. The van der Waals surface area contributed by atoms with Gasteiger partial charge >= 0.3 is 5.97 Å². The summed E-state index contributed by atoms with van der Waals surface area (Å²) in [7, 11) is 0. The lowest BCUT2D eigenvalue weighted by Gasteiger charge is -2.26. The van der Waals surface area contributed by atoms with Gasteiger partial charge in [-0.05, 0) is 37.8 Å². The number of halogens is 1. The highest BCUT2D eigenvalue weighted by Crippen LogP contribution is 2.37. The minimum Gasteiger partial charge on any atom is -0.481 e. The zero-order valence-electron chi connectivity index (χ0n) is 8.90. The van der Waals surface area contributed by atoms with Crippen molar-refractivity contribution in [2.45, 2.75) is 31.6 Å². The summed E-state index contributed by atoms with van der Waals surface area (Å²) in [6.07, 6.45) is 4.94. The number of rotatable bonds is 2. The number of carboxylic acids is 1. The van der Waals surface area contributed by atoms with Gasteiger partial charge in [0, 0.05) is 12.1 Å². The smallest absolute Gasteiger partial charge is 0.306 e. The van der Waals surface area contributed by atoms with Crippen LogP contribution in [0.5, 0.6) is 0 Å². The topological polar surface area (TPSA) is 50.2 Å². The van der Waals surface area contributed by atoms with E-state index in [2.05, 4.69) is 4.98 Å². The van der Waals surface area contributed by atoms with Gasteiger partial charge in [0.25, 0.3) is 0 Å². The number of aliphatic carboxylic acids is 1. The maximum Gasteiger partial charge on any atom is 0.306 e. The monoisotopic (exact) mass is 239 g/mol. The molecular weight excluding hydrogens is 226 g/mol. The Bertz CT molecular complexity index is 386. The van der Waals surface area contributed by atoms with Crippen LogP contribution in [0.4, 0.5) is 0 Å². The predicted molar refractivity (Wildman–Crippen MR) is 61.6 cm³/mol. The van der Waals surface area contributed by atoms with Gasteiger partial charge in [0.15, 0.2) is 0 Å². The minimum atomic E-state index is -0.675. The number of aromatic nitrogens is 1. The lowest BCUT2D eigenvalue weighted by Crippen LogP contribution is -2.21. The van der Waals surface area contributed by atoms with Gasteiger partial charge < -0.3 is 5.11 Å². The summed E-state index contributed by atoms with van der Waals surface area (Å²) in [5.74, 6) is -0.534. The van der Waals surface area contributed by atoms with Crippen molar-refractivity contribution in [2.24, 2.45) is 5.92 Å². The summed E-state index contributed by atoms with van der Waals surface area (Å²) in [4.78, 5) is 15.1. The van der Waals surface area contributed by atoms with Gasteiger partial charge in [-0.25, -0.2) is 0 Å². The fourth-order valence-corrected chi connectivity index (χ4v) is 2.59. The molecule has 0 radical (unpaired) electrons. The van der Waals surface area contributed by atoms with E-state index >= 15 is 0 Å². The summed E-state index contributed by atoms with van der Waals surface area (Å²) < 4.78 is 0. The van der Waals surface area contributed by atoms with Crippen molar-refractivity contribution in [1.82, 2.24) is 4.98 Å². The quantitative estimate of drug-likeness (QED) is 0.863. The van der Waals surface area contributed by atoms with E-state index in [4.69, 9.17) is 16.7 Å². The summed E-state index contributed by atoms with van der Waals surface area (Å²) in [5, 5.41) is 9.60. The van der Waals surface area contributed by atoms with Gasteiger partial charge in [-0.1, -0.05) is 11.6 Å². The van der Waals surface area contributed by atoms with Gasteiger partial charge in [0.2, 0.25) is 0 Å². The van der Waals surface area contributed by atoms with Crippen LogP contribution in [0.1, 0.15) is 37.3 Å². The largest absolute Gasteiger partial charge is 0.481 e. The van der Waals surface area contributed by atoms with Crippen LogP contribution in [-0.2, 0) is 4.79 Å². The first-order valence-corrected chi connectivity index (χ1v) is 5.89. The molecule has 1 saturated carbocycles. The molecule has 2 rings (SSSR count). The van der Waals surface area contributed by atoms with Gasteiger partial charge in [0.1, 0.15) is 0 Å². The van der Waals surface area contributed by atoms with Gasteiger partial charge in [-0.3, -0.25) is 9.78 Å². The molecule has 1 aliphatic rings. The van der Waals surface area contributed by atoms with E-state index in [0.29, 0.717) is 10.9 Å². The fourth-order valence-electron chi connectivity index (χ4n) is 2.31. The normalized spacial score (nSPS) is 25.3. The third kappa shape index (κ3) is 2.35. The molecule has 0 bridgehead atoms. The van der Waals surface area contributed by atoms with Crippen molar-refractivity contribution in [3.8, 4) is 0 Å². The average Bonchev–Trinajstić information content (AvgIpc) is 2.30. The van der Waals surface area contributed by atoms with Crippen LogP contribution in [-0.4, -0.2) is 16.1 Å². The van der Waals surface area contributed by atoms with Crippen molar-refractivity contribution in [1.29, 1.82) is 0 Å². The average molecular weight is 240 g/mol. The third-order valence-corrected chi connectivity index (χ3v) is 3.57. The molecule has 0 amide bonds. The molecule has 3 nitrogen and oxygen atoms in total. The van der Waals surface area contributed by atoms with Crippen molar-refractivity contribution in [2.75, 3.05) is 0 Å². The molecule has 1 fully saturated rings. The number of pyridine rings is 1. The zero-order valence-corrected chi connectivity index (χ0v) is 9.65. The zero-order chi connectivity index (χ0) is 11.5. The van der Waals surface area contributed by atoms with Crippen LogP contribution >= 0.6 is 11.6 Å². The predicted octanol–water partition coefficient (Wildman–Crippen LogP) is 3.09. The van der Waals surface area contributed by atoms with Crippen molar-refractivity contribution >= 4 is 17.6 Å². The second-order valence-electron chi connectivity index (χ2n) is 4.26. The first-order chi connectivity index (χ1) is 7.68. The minimum absolute atomic E-state index is 0.182. The fraction of sp³-hybridized carbons (Fsp3) is 0.500. The van der Waals surface area contributed by atoms with Gasteiger partial charge in [0.05, 0.1) is 16.6 Å². The van der Waals surface area contributed by atoms with Crippen molar-refractivity contribution < 1.29 is 9.90 Å². The van der Waals surface area contributed by atoms with Gasteiger partial charge in [-0.15, -0.1) is 0 Å². The van der Waals surface area contributed by atoms with E-state index in [1.165, 1.54) is 0 Å². The molecule has 0 aromatic carbocycles. The molecule has 1 heterocycles. The third-order valence-electron chi connectivity index (χ3n) is 3.25. The highest BCUT2D eigenvalue weighted by atomic mass is 35.5. The maximum atomic E-state index is 10.8. The molecule has 16 heavy (non-hydrogen) atoms. The first kappa shape index (κ1) is 11.4. The van der Waals surface area contributed by atoms with Gasteiger partial charge in [-0.2, -0.15) is 0 Å². The van der Waals surface area contributed by atoms with Crippen LogP contribution in [0, 0.1) is 5.92 Å². The van der Waals surface area contributed by atoms with Crippen LogP contribution in [0.15, 0.2) is 18.3 Å². The molecular formula is C12H14ClNO2. The van der Waals surface area contributed by atoms with Crippen molar-refractivity contribution in [3.63, 3.8) is 0 Å². The van der Waals surface area contributed by atoms with E-state index in [-0.39, 0.29) is 5.92 Å². The molecule has 1 aromatic heterocycles. The van der Waals surface area contributed by atoms with E-state index in [9.17, 15) is 4.79 Å². The number of nitrogens with zero attached hydrogens (tertiary/aromatic N) is 1. The molecule has 1 N–H and O–H groups in total. The Balaban J connectivity index is 2.05. The number of carboxylic acid groups (broad SMARTS) is 1. The molecule has 0 saturated heterocycles. The Morgan fingerprint density at radius 3 is 2.62 bits per heavy atom. The second kappa shape index (κ2) is 4.83. The molecule has 86 valence electrons. The summed E-state index contributed by atoms with van der Waals surface area (Å²) in [6, 6.07) is 3.65. The Morgan fingerprint density at radius 2 is 2.06 bits per heavy atom. The molecule has 4 heteroatoms. The Morgan fingerprint density at radius 1 is 1.38 bits per heavy atom. The molecule has 0 spiro atoms. The van der Waals surface area contributed by atoms with E-state index in [0.717, 1.165) is 31.4 Å². The molecule has 0 aliphatic heterocycles. The van der Waals surface area contributed by atoms with E-state index in [1.54, 1.807) is 6.20 Å². The van der Waals surface area contributed by atoms with Crippen LogP contribution in [0.2, 0.25) is 5.02 Å². The lowest BCUT2D eigenvalue weighted by molar-refractivity contribution is -0.142. The van der Waals surface area contributed by atoms with Crippen LogP contribution in [0.3, 0.4) is 0 Å². The SMILES string of the molecule is O=C(O)[C@H]1CC[C@H](c2ncccc2Cl)CC1. The summed E-state index contributed by atoms with van der Waals surface area (Å²) in [5.41, 5.74) is 0.924. The standard InChI is InChI=1S/C12H14ClNO2/c13-10-2-1-7-14-11(10)8-3-5-9(6-4-8)12(15)16/h1-2,7-9H,3-6H2,(H,15,16)/t8-,9-. The summed E-state index contributed by atoms with van der Waals surface area (Å²) >= 11 is 6.08. The molecule has 0 atom stereocenters. The van der Waals surface area contributed by atoms with E-state index < -0.39 is 5.97 Å². The second-order valence-corrected chi connectivity index (χ2v) is 4.66. The summed E-state index contributed by atoms with van der Waals surface area (Å²) in [6.45, 7) is 0. The molecule has 0 unspecified atom stereocenters. The lowest BCUT2D eigenvalue weighted by atomic mass is 9.80. The Hall–Kier alpha value is -1.09. The van der Waals surface area contributed by atoms with E-state index in [1.807, 2.05) is 12.1 Å².